The summed E-state index contributed by atoms with van der Waals surface area (Å²) in [7, 11) is 0. The van der Waals surface area contributed by atoms with Crippen molar-refractivity contribution in [3.05, 3.63) is 38.0 Å². The van der Waals surface area contributed by atoms with Gasteiger partial charge in [-0.2, -0.15) is 0 Å². The van der Waals surface area contributed by atoms with Crippen molar-refractivity contribution in [3.8, 4) is 0 Å². The number of rotatable bonds is 6. The van der Waals surface area contributed by atoms with Gasteiger partial charge in [0.05, 0.1) is 0 Å². The Balaban J connectivity index is 4.00. The van der Waals surface area contributed by atoms with Gasteiger partial charge in [0.1, 0.15) is 0 Å². The molecule has 0 saturated carbocycles. The van der Waals surface area contributed by atoms with Gasteiger partial charge >= 0.3 is 0 Å². The summed E-state index contributed by atoms with van der Waals surface area (Å²) in [6.45, 7) is 11.8. The lowest BCUT2D eigenvalue weighted by atomic mass is 10.3. The summed E-state index contributed by atoms with van der Waals surface area (Å²) in [6, 6.07) is 0. The van der Waals surface area contributed by atoms with E-state index in [9.17, 15) is 4.79 Å². The largest absolute Gasteiger partial charge is 0.335 e. The van der Waals surface area contributed by atoms with E-state index >= 15 is 0 Å². The van der Waals surface area contributed by atoms with Gasteiger partial charge in [0.25, 0.3) is 0 Å². The molecule has 0 aromatic heterocycles. The molecule has 0 atom stereocenters. The zero-order chi connectivity index (χ0) is 9.40. The molecule has 0 spiro atoms. The molecule has 0 N–H and O–H groups in total. The lowest BCUT2D eigenvalue weighted by Crippen LogP contribution is -2.30. The van der Waals surface area contributed by atoms with E-state index in [-0.39, 0.29) is 5.91 Å². The molecule has 2 nitrogen and oxygen atoms in total. The number of amides is 1. The van der Waals surface area contributed by atoms with E-state index in [1.165, 1.54) is 6.08 Å². The number of hydrogen-bond donors (Lipinski definition) is 0. The Hall–Kier alpha value is -1.31. The van der Waals surface area contributed by atoms with Gasteiger partial charge in [-0.25, -0.2) is 0 Å². The summed E-state index contributed by atoms with van der Waals surface area (Å²) in [6.07, 6.45) is 5.59. The first-order valence-corrected chi connectivity index (χ1v) is 3.89. The number of carbonyl (C=O) groups excluding carboxylic acids is 1. The van der Waals surface area contributed by atoms with Gasteiger partial charge in [-0.15, -0.1) is 13.2 Å². The molecule has 0 aromatic rings. The van der Waals surface area contributed by atoms with Crippen molar-refractivity contribution in [2.75, 3.05) is 13.1 Å². The van der Waals surface area contributed by atoms with Crippen LogP contribution in [0.4, 0.5) is 0 Å². The van der Waals surface area contributed by atoms with Crippen molar-refractivity contribution in [1.29, 1.82) is 0 Å². The van der Waals surface area contributed by atoms with Crippen molar-refractivity contribution in [2.24, 2.45) is 0 Å². The molecular weight excluding hydrogens is 150 g/mol. The van der Waals surface area contributed by atoms with Crippen LogP contribution in [-0.2, 0) is 4.79 Å². The highest BCUT2D eigenvalue weighted by Gasteiger charge is 2.05. The predicted octanol–water partition coefficient (Wildman–Crippen LogP) is 1.76. The zero-order valence-electron chi connectivity index (χ0n) is 7.33. The summed E-state index contributed by atoms with van der Waals surface area (Å²) in [5.74, 6) is -0.0586. The predicted molar refractivity (Wildman–Crippen MR) is 51.8 cm³/mol. The molecule has 0 rings (SSSR count). The molecule has 66 valence electrons. The van der Waals surface area contributed by atoms with Crippen LogP contribution in [0.25, 0.3) is 0 Å². The van der Waals surface area contributed by atoms with Crippen LogP contribution in [0.15, 0.2) is 38.0 Å². The topological polar surface area (TPSA) is 20.3 Å². The van der Waals surface area contributed by atoms with Crippen LogP contribution in [0.1, 0.15) is 6.42 Å². The Morgan fingerprint density at radius 2 is 1.92 bits per heavy atom. The average molecular weight is 165 g/mol. The summed E-state index contributed by atoms with van der Waals surface area (Å²) < 4.78 is 0. The third-order valence-electron chi connectivity index (χ3n) is 1.44. The normalized spacial score (nSPS) is 8.67. The molecule has 0 aliphatic heterocycles. The van der Waals surface area contributed by atoms with Gasteiger partial charge in [-0.1, -0.05) is 18.7 Å². The zero-order valence-corrected chi connectivity index (χ0v) is 7.33. The van der Waals surface area contributed by atoms with E-state index in [0.29, 0.717) is 13.1 Å². The smallest absolute Gasteiger partial charge is 0.246 e. The monoisotopic (exact) mass is 165 g/mol. The SMILES string of the molecule is C=CCCN(CC=C)C(=O)C=C. The first-order valence-electron chi connectivity index (χ1n) is 3.89. The van der Waals surface area contributed by atoms with Gasteiger partial charge in [0, 0.05) is 13.1 Å². The van der Waals surface area contributed by atoms with E-state index < -0.39 is 0 Å². The fourth-order valence-electron chi connectivity index (χ4n) is 0.824. The van der Waals surface area contributed by atoms with Gasteiger partial charge in [0.2, 0.25) is 5.91 Å². The summed E-state index contributed by atoms with van der Waals surface area (Å²) in [5.41, 5.74) is 0. The Labute approximate surface area is 73.9 Å². The second kappa shape index (κ2) is 6.40. The van der Waals surface area contributed by atoms with Gasteiger partial charge < -0.3 is 4.90 Å². The van der Waals surface area contributed by atoms with Crippen molar-refractivity contribution in [1.82, 2.24) is 4.90 Å². The molecule has 0 saturated heterocycles. The lowest BCUT2D eigenvalue weighted by Gasteiger charge is -2.17. The second-order valence-corrected chi connectivity index (χ2v) is 2.35. The number of carbonyl (C=O) groups is 1. The third-order valence-corrected chi connectivity index (χ3v) is 1.44. The fraction of sp³-hybridized carbons (Fsp3) is 0.300. The quantitative estimate of drug-likeness (QED) is 0.434. The highest BCUT2D eigenvalue weighted by Crippen LogP contribution is 1.94. The Bertz CT molecular complexity index is 184. The molecule has 0 bridgehead atoms. The average Bonchev–Trinajstić information content (AvgIpc) is 2.11. The molecule has 0 radical (unpaired) electrons. The fourth-order valence-corrected chi connectivity index (χ4v) is 0.824. The van der Waals surface area contributed by atoms with E-state index in [1.54, 1.807) is 17.1 Å². The highest BCUT2D eigenvalue weighted by atomic mass is 16.2. The Morgan fingerprint density at radius 3 is 2.33 bits per heavy atom. The minimum atomic E-state index is -0.0586. The molecule has 1 amide bonds. The molecule has 0 aliphatic rings. The van der Waals surface area contributed by atoms with E-state index in [4.69, 9.17) is 0 Å². The first kappa shape index (κ1) is 10.7. The summed E-state index contributed by atoms with van der Waals surface area (Å²) in [5, 5.41) is 0. The minimum Gasteiger partial charge on any atom is -0.335 e. The van der Waals surface area contributed by atoms with Crippen LogP contribution in [-0.4, -0.2) is 23.9 Å². The second-order valence-electron chi connectivity index (χ2n) is 2.35. The molecule has 0 aliphatic carbocycles. The standard InChI is InChI=1S/C10H15NO/c1-4-7-9-11(8-5-2)10(12)6-3/h4-6H,1-3,7-9H2. The third kappa shape index (κ3) is 3.76. The van der Waals surface area contributed by atoms with Crippen molar-refractivity contribution in [2.45, 2.75) is 6.42 Å². The Kier molecular flexibility index (Phi) is 5.70. The molecule has 2 heteroatoms. The van der Waals surface area contributed by atoms with Crippen molar-refractivity contribution in [3.63, 3.8) is 0 Å². The molecule has 0 unspecified atom stereocenters. The first-order chi connectivity index (χ1) is 5.76. The number of hydrogen-bond acceptors (Lipinski definition) is 1. The number of nitrogens with zero attached hydrogens (tertiary/aromatic N) is 1. The van der Waals surface area contributed by atoms with E-state index in [0.717, 1.165) is 6.42 Å². The highest BCUT2D eigenvalue weighted by molar-refractivity contribution is 5.87. The summed E-state index contributed by atoms with van der Waals surface area (Å²) in [4.78, 5) is 12.8. The van der Waals surface area contributed by atoms with E-state index in [2.05, 4.69) is 19.7 Å². The maximum absolute atomic E-state index is 11.1. The molecule has 0 aromatic carbocycles. The minimum absolute atomic E-state index is 0.0586. The molecule has 0 heterocycles. The van der Waals surface area contributed by atoms with Crippen LogP contribution in [0.3, 0.4) is 0 Å². The van der Waals surface area contributed by atoms with Crippen molar-refractivity contribution < 1.29 is 4.79 Å². The van der Waals surface area contributed by atoms with Gasteiger partial charge in [0.15, 0.2) is 0 Å². The van der Waals surface area contributed by atoms with E-state index in [1.807, 2.05) is 0 Å². The summed E-state index contributed by atoms with van der Waals surface area (Å²) >= 11 is 0. The van der Waals surface area contributed by atoms with Crippen LogP contribution >= 0.6 is 0 Å². The lowest BCUT2D eigenvalue weighted by molar-refractivity contribution is -0.125. The van der Waals surface area contributed by atoms with Crippen molar-refractivity contribution >= 4 is 5.91 Å². The molecular formula is C10H15NO. The van der Waals surface area contributed by atoms with Gasteiger partial charge in [-0.05, 0) is 12.5 Å². The van der Waals surface area contributed by atoms with Crippen LogP contribution < -0.4 is 0 Å². The maximum Gasteiger partial charge on any atom is 0.246 e. The van der Waals surface area contributed by atoms with Crippen LogP contribution in [0.5, 0.6) is 0 Å². The Morgan fingerprint density at radius 1 is 1.25 bits per heavy atom. The van der Waals surface area contributed by atoms with Gasteiger partial charge in [-0.3, -0.25) is 4.79 Å². The molecule has 0 fully saturated rings. The molecule has 12 heavy (non-hydrogen) atoms. The maximum atomic E-state index is 11.1. The van der Waals surface area contributed by atoms with Crippen LogP contribution in [0.2, 0.25) is 0 Å². The van der Waals surface area contributed by atoms with Crippen LogP contribution in [0, 0.1) is 0 Å².